The Kier molecular flexibility index (Phi) is 13.3. The van der Waals surface area contributed by atoms with E-state index in [1.807, 2.05) is 42.5 Å². The van der Waals surface area contributed by atoms with Crippen molar-refractivity contribution in [2.75, 3.05) is 0 Å². The summed E-state index contributed by atoms with van der Waals surface area (Å²) in [6.45, 7) is 9.09. The van der Waals surface area contributed by atoms with E-state index >= 15 is 0 Å². The van der Waals surface area contributed by atoms with E-state index in [4.69, 9.17) is 9.47 Å². The second-order valence-corrected chi connectivity index (χ2v) is 24.1. The molecule has 0 N–H and O–H groups in total. The molecular weight excluding hydrogens is 1040 g/mol. The van der Waals surface area contributed by atoms with Crippen molar-refractivity contribution in [2.45, 2.75) is 44.6 Å². The van der Waals surface area contributed by atoms with Crippen LogP contribution in [0.1, 0.15) is 55.5 Å². The predicted molar refractivity (Wildman–Crippen MR) is 275 cm³/mol. The largest absolute Gasteiger partial charge is 0.456 e. The van der Waals surface area contributed by atoms with Crippen LogP contribution in [-0.4, -0.2) is 8.07 Å². The first kappa shape index (κ1) is 44.1. The van der Waals surface area contributed by atoms with Gasteiger partial charge in [-0.3, -0.25) is 0 Å². The van der Waals surface area contributed by atoms with E-state index in [1.165, 1.54) is 43.4 Å². The normalized spacial score (nSPS) is 13.7. The van der Waals surface area contributed by atoms with Crippen molar-refractivity contribution in [1.29, 1.82) is 0 Å². The molecule has 8 aromatic carbocycles. The Morgan fingerprint density at radius 3 is 1.31 bits per heavy atom. The second-order valence-electron chi connectivity index (χ2n) is 16.6. The fourth-order valence-electron chi connectivity index (χ4n) is 8.85. The summed E-state index contributed by atoms with van der Waals surface area (Å²) in [7, 11) is -2.50. The first-order valence-electron chi connectivity index (χ1n) is 20.6. The number of halogens is 4. The van der Waals surface area contributed by atoms with Gasteiger partial charge >= 0.3 is 0 Å². The zero-order chi connectivity index (χ0) is 43.5. The fraction of sp³-hybridized carbons (Fsp3) is 0.127. The highest BCUT2D eigenvalue weighted by Crippen LogP contribution is 2.51. The van der Waals surface area contributed by atoms with E-state index in [9.17, 15) is 0 Å². The average Bonchev–Trinajstić information content (AvgIpc) is 3.27. The van der Waals surface area contributed by atoms with Crippen molar-refractivity contribution >= 4 is 87.4 Å². The lowest BCUT2D eigenvalue weighted by Crippen LogP contribution is -2.69. The van der Waals surface area contributed by atoms with Gasteiger partial charge in [-0.05, 0) is 91.6 Å². The molecule has 0 spiro atoms. The maximum atomic E-state index is 6.73. The number of para-hydroxylation sites is 4. The molecule has 2 aliphatic heterocycles. The van der Waals surface area contributed by atoms with Crippen LogP contribution in [0.15, 0.2) is 212 Å². The summed E-state index contributed by atoms with van der Waals surface area (Å²) in [4.78, 5) is 0. The summed E-state index contributed by atoms with van der Waals surface area (Å²) in [5, 5.41) is 4.17. The topological polar surface area (TPSA) is 18.5 Å². The van der Waals surface area contributed by atoms with Crippen molar-refractivity contribution in [1.82, 2.24) is 0 Å². The molecule has 0 saturated heterocycles. The van der Waals surface area contributed by atoms with Crippen molar-refractivity contribution in [3.63, 3.8) is 0 Å². The van der Waals surface area contributed by atoms with E-state index in [-0.39, 0.29) is 10.8 Å². The average molecular weight is 1090 g/mol. The summed E-state index contributed by atoms with van der Waals surface area (Å²) >= 11 is 14.0. The lowest BCUT2D eigenvalue weighted by Gasteiger charge is -2.38. The van der Waals surface area contributed by atoms with Crippen LogP contribution >= 0.6 is 63.7 Å². The molecule has 0 saturated carbocycles. The van der Waals surface area contributed by atoms with Gasteiger partial charge in [0.15, 0.2) is 8.07 Å². The Bertz CT molecular complexity index is 2780. The molecule has 0 aliphatic carbocycles. The van der Waals surface area contributed by atoms with Crippen LogP contribution in [0.3, 0.4) is 0 Å². The molecule has 2 nitrogen and oxygen atoms in total. The molecule has 0 atom stereocenters. The van der Waals surface area contributed by atoms with E-state index in [0.717, 1.165) is 46.9 Å². The molecule has 10 rings (SSSR count). The van der Waals surface area contributed by atoms with Crippen LogP contribution in [0, 0.1) is 0 Å². The van der Waals surface area contributed by atoms with Crippen LogP contribution in [0.4, 0.5) is 0 Å². The third kappa shape index (κ3) is 8.85. The van der Waals surface area contributed by atoms with Gasteiger partial charge in [0.05, 0.1) is 4.47 Å². The molecule has 310 valence electrons. The molecule has 0 fully saturated rings. The SMILES string of the molecule is Brc1cccc(Br)c1.CC1(C)c2ccccc2Oc2c(Br)cccc21.CC1(C)c2ccccc2Oc2c(C[Si](c3ccccc3)(c3ccccc3)c3cccc(Br)c3)cccc21. The minimum absolute atomic E-state index is 0.0199. The van der Waals surface area contributed by atoms with Crippen molar-refractivity contribution in [3.8, 4) is 23.0 Å². The molecule has 0 bridgehead atoms. The first-order chi connectivity index (χ1) is 29.9. The predicted octanol–water partition coefficient (Wildman–Crippen LogP) is 15.2. The number of benzene rings is 8. The van der Waals surface area contributed by atoms with Gasteiger partial charge in [0.2, 0.25) is 0 Å². The Morgan fingerprint density at radius 1 is 0.387 bits per heavy atom. The number of fused-ring (bicyclic) bond motifs is 4. The van der Waals surface area contributed by atoms with E-state index in [2.05, 4.69) is 243 Å². The standard InChI is InChI=1S/C34H29BrOSi.C15H13BrO.C6H4Br2/c1-34(2)30-20-9-10-22-32(30)36-33-25(13-11-21-31(33)34)24-37(27-15-5-3-6-16-27,28-17-7-4-8-18-28)29-19-12-14-26(35)23-29;1-15(2)10-6-3-4-9-13(10)17-14-11(15)7-5-8-12(14)16;7-5-2-1-3-6(8)4-5/h3-23H,24H2,1-2H3;3-9H,1-2H3;1-4H. The lowest BCUT2D eigenvalue weighted by atomic mass is 9.75. The molecule has 2 heterocycles. The van der Waals surface area contributed by atoms with Gasteiger partial charge in [0.1, 0.15) is 23.0 Å². The van der Waals surface area contributed by atoms with Crippen molar-refractivity contribution in [2.24, 2.45) is 0 Å². The quantitative estimate of drug-likeness (QED) is 0.126. The maximum absolute atomic E-state index is 6.73. The monoisotopic (exact) mass is 1080 g/mol. The van der Waals surface area contributed by atoms with E-state index < -0.39 is 8.07 Å². The van der Waals surface area contributed by atoms with E-state index in [1.54, 1.807) is 0 Å². The molecule has 2 aliphatic rings. The summed E-state index contributed by atoms with van der Waals surface area (Å²) in [5.41, 5.74) is 6.06. The Morgan fingerprint density at radius 2 is 0.790 bits per heavy atom. The van der Waals surface area contributed by atoms with Crippen LogP contribution in [0.5, 0.6) is 23.0 Å². The summed E-state index contributed by atoms with van der Waals surface area (Å²) in [6.07, 6.45) is 0. The number of ether oxygens (including phenoxy) is 2. The number of hydrogen-bond acceptors (Lipinski definition) is 2. The molecule has 8 aromatic rings. The highest BCUT2D eigenvalue weighted by Gasteiger charge is 2.42. The molecule has 0 radical (unpaired) electrons. The summed E-state index contributed by atoms with van der Waals surface area (Å²) < 4.78 is 17.1. The highest BCUT2D eigenvalue weighted by molar-refractivity contribution is 9.11. The number of hydrogen-bond donors (Lipinski definition) is 0. The Hall–Kier alpha value is -4.50. The smallest absolute Gasteiger partial charge is 0.152 e. The van der Waals surface area contributed by atoms with Crippen molar-refractivity contribution in [3.05, 3.63) is 240 Å². The second kappa shape index (κ2) is 18.7. The van der Waals surface area contributed by atoms with Gasteiger partial charge in [-0.2, -0.15) is 0 Å². The molecule has 7 heteroatoms. The zero-order valence-corrected chi connectivity index (χ0v) is 42.4. The highest BCUT2D eigenvalue weighted by atomic mass is 79.9. The van der Waals surface area contributed by atoms with Gasteiger partial charge in [-0.25, -0.2) is 0 Å². The maximum Gasteiger partial charge on any atom is 0.152 e. The van der Waals surface area contributed by atoms with Crippen LogP contribution < -0.4 is 25.0 Å². The lowest BCUT2D eigenvalue weighted by molar-refractivity contribution is 0.414. The minimum Gasteiger partial charge on any atom is -0.456 e. The van der Waals surface area contributed by atoms with Gasteiger partial charge in [0.25, 0.3) is 0 Å². The van der Waals surface area contributed by atoms with Gasteiger partial charge in [-0.15, -0.1) is 0 Å². The summed E-state index contributed by atoms with van der Waals surface area (Å²) in [6, 6.07) is 69.6. The molecular formula is C55H46Br4O2Si. The fourth-order valence-corrected chi connectivity index (χ4v) is 15.8. The molecule has 0 amide bonds. The Balaban J connectivity index is 0.000000173. The van der Waals surface area contributed by atoms with Crippen LogP contribution in [0.2, 0.25) is 0 Å². The first-order valence-corrected chi connectivity index (χ1v) is 26.0. The van der Waals surface area contributed by atoms with Gasteiger partial charge in [0, 0.05) is 46.5 Å². The minimum atomic E-state index is -2.50. The van der Waals surface area contributed by atoms with E-state index in [0.29, 0.717) is 0 Å². The van der Waals surface area contributed by atoms with Crippen LogP contribution in [-0.2, 0) is 16.9 Å². The Labute approximate surface area is 400 Å². The molecule has 0 unspecified atom stereocenters. The molecule has 0 aromatic heterocycles. The number of rotatable bonds is 5. The van der Waals surface area contributed by atoms with Crippen LogP contribution in [0.25, 0.3) is 0 Å². The summed E-state index contributed by atoms with van der Waals surface area (Å²) in [5.74, 6) is 3.87. The molecule has 62 heavy (non-hydrogen) atoms. The van der Waals surface area contributed by atoms with Crippen molar-refractivity contribution < 1.29 is 9.47 Å². The third-order valence-electron chi connectivity index (χ3n) is 12.0. The van der Waals surface area contributed by atoms with Gasteiger partial charge < -0.3 is 9.47 Å². The third-order valence-corrected chi connectivity index (χ3v) is 19.0. The zero-order valence-electron chi connectivity index (χ0n) is 35.0. The van der Waals surface area contributed by atoms with Gasteiger partial charge in [-0.1, -0.05) is 221 Å².